The van der Waals surface area contributed by atoms with Gasteiger partial charge < -0.3 is 40.4 Å². The van der Waals surface area contributed by atoms with Gasteiger partial charge in [-0.15, -0.1) is 0 Å². The third-order valence-corrected chi connectivity index (χ3v) is 10.1. The van der Waals surface area contributed by atoms with Crippen molar-refractivity contribution in [3.8, 4) is 0 Å². The number of aliphatic hydroxyl groups is 1. The molecule has 0 saturated carbocycles. The first kappa shape index (κ1) is 29.3. The van der Waals surface area contributed by atoms with Gasteiger partial charge in [0.25, 0.3) is 0 Å². The standard InChI is InChI=1S/C19H21FN10O9P2S2/c20-19(30-6-28-9-14(22)24-4-26-16(9)30)2-34-7-1-35-40(32,42)37-11-10(31)18(39-41(33,43)38-12(7)19)36-17(11)29-5-27-8-13(21)23-3-25-15(8)29/h3-7,10-12,17-18,31H,1-2H2,(H,32,42)(H,33,43)(H2,21,23,25)(H2,22,24,26)/t7-,10+,11-,12-,17-,18-,19+,40?,41?/m1/s1. The summed E-state index contributed by atoms with van der Waals surface area (Å²) in [5, 5.41) is 11.1. The SMILES string of the molecule is Nc1ncnc2c1ncn2[C@@H]1O[C@@H]2OP(O)(=S)O[C@@H]3[C@@H](COP(O)(=S)O[C@@H]1[C@@H]2O)OC[C@]3(F)n1cnc2c(N)ncnc21. The van der Waals surface area contributed by atoms with E-state index in [4.69, 9.17) is 62.6 Å². The van der Waals surface area contributed by atoms with E-state index in [-0.39, 0.29) is 34.0 Å². The highest BCUT2D eigenvalue weighted by molar-refractivity contribution is 8.07. The second-order valence-electron chi connectivity index (χ2n) is 9.62. The number of ether oxygens (including phenoxy) is 2. The average Bonchev–Trinajstić information content (AvgIpc) is 3.70. The predicted molar refractivity (Wildman–Crippen MR) is 148 cm³/mol. The van der Waals surface area contributed by atoms with Crippen LogP contribution in [0.4, 0.5) is 16.0 Å². The predicted octanol–water partition coefficient (Wildman–Crippen LogP) is -0.682. The van der Waals surface area contributed by atoms with Gasteiger partial charge >= 0.3 is 13.4 Å². The minimum Gasteiger partial charge on any atom is -0.385 e. The summed E-state index contributed by atoms with van der Waals surface area (Å²) in [6.45, 7) is -9.91. The summed E-state index contributed by atoms with van der Waals surface area (Å²) in [5.41, 5.74) is 12.2. The van der Waals surface area contributed by atoms with Crippen LogP contribution in [-0.4, -0.2) is 97.9 Å². The van der Waals surface area contributed by atoms with Crippen molar-refractivity contribution < 1.29 is 46.9 Å². The summed E-state index contributed by atoms with van der Waals surface area (Å²) < 4.78 is 53.2. The van der Waals surface area contributed by atoms with E-state index in [0.29, 0.717) is 0 Å². The number of fused-ring (bicyclic) bond motifs is 5. The number of nitrogens with zero attached hydrogens (tertiary/aromatic N) is 8. The normalized spacial score (nSPS) is 38.6. The number of halogens is 1. The molecule has 9 atom stereocenters. The molecule has 7 N–H and O–H groups in total. The van der Waals surface area contributed by atoms with Crippen molar-refractivity contribution in [2.45, 2.75) is 42.7 Å². The Balaban J connectivity index is 1.26. The molecule has 0 aliphatic carbocycles. The lowest BCUT2D eigenvalue weighted by Crippen LogP contribution is -2.45. The number of hydrogen-bond acceptors (Lipinski definition) is 17. The molecule has 24 heteroatoms. The van der Waals surface area contributed by atoms with Crippen molar-refractivity contribution in [3.63, 3.8) is 0 Å². The van der Waals surface area contributed by atoms with Crippen LogP contribution in [0.2, 0.25) is 0 Å². The monoisotopic (exact) mass is 678 g/mol. The molecule has 0 spiro atoms. The maximum atomic E-state index is 16.9. The van der Waals surface area contributed by atoms with Crippen LogP contribution in [0.5, 0.6) is 0 Å². The van der Waals surface area contributed by atoms with E-state index in [9.17, 15) is 14.9 Å². The molecule has 0 aromatic carbocycles. The smallest absolute Gasteiger partial charge is 0.327 e. The van der Waals surface area contributed by atoms with Gasteiger partial charge in [0.05, 0.1) is 19.3 Å². The number of anilines is 2. The Hall–Kier alpha value is -2.43. The molecule has 0 radical (unpaired) electrons. The Bertz CT molecular complexity index is 1840. The van der Waals surface area contributed by atoms with Crippen LogP contribution in [0.1, 0.15) is 6.23 Å². The second-order valence-corrected chi connectivity index (χ2v) is 15.2. The first-order valence-electron chi connectivity index (χ1n) is 12.2. The van der Waals surface area contributed by atoms with Crippen LogP contribution in [0.15, 0.2) is 25.3 Å². The Labute approximate surface area is 249 Å². The van der Waals surface area contributed by atoms with E-state index >= 15 is 4.39 Å². The first-order valence-corrected chi connectivity index (χ1v) is 17.4. The molecule has 230 valence electrons. The summed E-state index contributed by atoms with van der Waals surface area (Å²) in [6.07, 6.45) is -4.62. The zero-order chi connectivity index (χ0) is 30.3. The fourth-order valence-corrected chi connectivity index (χ4v) is 8.06. The van der Waals surface area contributed by atoms with Crippen molar-refractivity contribution in [2.75, 3.05) is 24.7 Å². The summed E-state index contributed by atoms with van der Waals surface area (Å²) >= 11 is 10.4. The maximum absolute atomic E-state index is 16.9. The zero-order valence-corrected chi connectivity index (χ0v) is 24.7. The molecule has 4 aromatic heterocycles. The molecule has 3 aliphatic rings. The Morgan fingerprint density at radius 1 is 0.930 bits per heavy atom. The quantitative estimate of drug-likeness (QED) is 0.165. The van der Waals surface area contributed by atoms with Crippen molar-refractivity contribution in [1.82, 2.24) is 39.0 Å². The molecule has 4 aromatic rings. The highest BCUT2D eigenvalue weighted by Gasteiger charge is 2.58. The number of imidazole rings is 2. The van der Waals surface area contributed by atoms with Gasteiger partial charge in [-0.2, -0.15) is 0 Å². The van der Waals surface area contributed by atoms with Crippen LogP contribution in [0.25, 0.3) is 22.3 Å². The number of aliphatic hydroxyl groups excluding tert-OH is 1. The van der Waals surface area contributed by atoms with Crippen molar-refractivity contribution >= 4 is 71.0 Å². The van der Waals surface area contributed by atoms with Crippen molar-refractivity contribution in [2.24, 2.45) is 0 Å². The van der Waals surface area contributed by atoms with E-state index in [1.165, 1.54) is 17.2 Å². The topological polar surface area (TPSA) is 255 Å². The zero-order valence-electron chi connectivity index (χ0n) is 21.3. The first-order chi connectivity index (χ1) is 20.4. The lowest BCUT2D eigenvalue weighted by Gasteiger charge is -2.33. The lowest BCUT2D eigenvalue weighted by atomic mass is 10.1. The van der Waals surface area contributed by atoms with Crippen molar-refractivity contribution in [3.05, 3.63) is 25.3 Å². The average molecular weight is 679 g/mol. The van der Waals surface area contributed by atoms with Gasteiger partial charge in [0.1, 0.15) is 48.6 Å². The maximum Gasteiger partial charge on any atom is 0.327 e. The molecule has 7 heterocycles. The van der Waals surface area contributed by atoms with Gasteiger partial charge in [0.15, 0.2) is 41.6 Å². The van der Waals surface area contributed by atoms with E-state index in [1.807, 2.05) is 0 Å². The molecule has 7 rings (SSSR count). The van der Waals surface area contributed by atoms with Crippen molar-refractivity contribution in [1.29, 1.82) is 0 Å². The van der Waals surface area contributed by atoms with Gasteiger partial charge in [-0.05, 0) is 23.6 Å². The van der Waals surface area contributed by atoms with Crippen LogP contribution >= 0.6 is 13.4 Å². The second kappa shape index (κ2) is 10.3. The number of rotatable bonds is 2. The highest BCUT2D eigenvalue weighted by Crippen LogP contribution is 2.57. The van der Waals surface area contributed by atoms with Crippen LogP contribution in [-0.2, 0) is 57.0 Å². The molecule has 3 saturated heterocycles. The minimum absolute atomic E-state index is 0.00390. The Morgan fingerprint density at radius 2 is 1.60 bits per heavy atom. The number of alkyl halides is 1. The Morgan fingerprint density at radius 3 is 2.35 bits per heavy atom. The van der Waals surface area contributed by atoms with E-state index in [0.717, 1.165) is 17.2 Å². The van der Waals surface area contributed by atoms with E-state index in [2.05, 4.69) is 29.9 Å². The minimum atomic E-state index is -4.46. The van der Waals surface area contributed by atoms with E-state index in [1.54, 1.807) is 0 Å². The van der Waals surface area contributed by atoms with Crippen LogP contribution in [0.3, 0.4) is 0 Å². The van der Waals surface area contributed by atoms with Gasteiger partial charge in [0.2, 0.25) is 5.79 Å². The molecular weight excluding hydrogens is 657 g/mol. The summed E-state index contributed by atoms with van der Waals surface area (Å²) in [5.74, 6) is -2.55. The fourth-order valence-electron chi connectivity index (χ4n) is 5.05. The molecule has 43 heavy (non-hydrogen) atoms. The molecule has 19 nitrogen and oxygen atoms in total. The number of nitrogen functional groups attached to an aromatic ring is 2. The van der Waals surface area contributed by atoms with Gasteiger partial charge in [-0.25, -0.2) is 34.3 Å². The number of nitrogens with two attached hydrogens (primary N) is 2. The van der Waals surface area contributed by atoms with Gasteiger partial charge in [-0.1, -0.05) is 0 Å². The largest absolute Gasteiger partial charge is 0.385 e. The number of hydrogen-bond donors (Lipinski definition) is 5. The molecule has 0 amide bonds. The summed E-state index contributed by atoms with van der Waals surface area (Å²) in [7, 11) is 0. The van der Waals surface area contributed by atoms with E-state index < -0.39 is 69.4 Å². The molecule has 3 aliphatic heterocycles. The summed E-state index contributed by atoms with van der Waals surface area (Å²) in [4.78, 5) is 46.3. The molecule has 3 fully saturated rings. The lowest BCUT2D eigenvalue weighted by molar-refractivity contribution is -0.136. The fraction of sp³-hybridized carbons (Fsp3) is 0.474. The Kier molecular flexibility index (Phi) is 7.02. The van der Waals surface area contributed by atoms with Gasteiger partial charge in [0, 0.05) is 0 Å². The highest BCUT2D eigenvalue weighted by atomic mass is 32.5. The van der Waals surface area contributed by atoms with Gasteiger partial charge in [-0.3, -0.25) is 22.7 Å². The van der Waals surface area contributed by atoms with Crippen LogP contribution < -0.4 is 11.5 Å². The summed E-state index contributed by atoms with van der Waals surface area (Å²) in [6, 6.07) is 0. The third kappa shape index (κ3) is 4.92. The number of aromatic nitrogens is 8. The van der Waals surface area contributed by atoms with Crippen LogP contribution in [0, 0.1) is 0 Å². The molecule has 2 unspecified atom stereocenters. The third-order valence-electron chi connectivity index (χ3n) is 7.01. The molecular formula is C19H21FN10O9P2S2. The molecule has 2 bridgehead atoms.